The summed E-state index contributed by atoms with van der Waals surface area (Å²) in [5.74, 6) is 0.161. The normalized spacial score (nSPS) is 14.2. The van der Waals surface area contributed by atoms with Crippen LogP contribution in [0.1, 0.15) is 43.0 Å². The number of carbonyl (C=O) groups excluding carboxylic acids is 3. The molecule has 0 spiro atoms. The molecule has 3 amide bonds. The number of hydrogen-bond acceptors (Lipinski definition) is 6. The Hall–Kier alpha value is -4.24. The summed E-state index contributed by atoms with van der Waals surface area (Å²) < 4.78 is 5.45. The molecule has 0 bridgehead atoms. The van der Waals surface area contributed by atoms with Gasteiger partial charge in [0.25, 0.3) is 0 Å². The number of fused-ring (bicyclic) bond motifs is 1. The van der Waals surface area contributed by atoms with Crippen molar-refractivity contribution in [1.29, 1.82) is 0 Å². The van der Waals surface area contributed by atoms with Gasteiger partial charge in [-0.3, -0.25) is 9.59 Å². The van der Waals surface area contributed by atoms with Crippen LogP contribution in [0.4, 0.5) is 16.3 Å². The van der Waals surface area contributed by atoms with E-state index in [1.165, 1.54) is 4.90 Å². The molecule has 1 aliphatic carbocycles. The third kappa shape index (κ3) is 8.13. The number of amides is 3. The molecular weight excluding hydrogens is 506 g/mol. The van der Waals surface area contributed by atoms with Crippen molar-refractivity contribution in [2.45, 2.75) is 52.3 Å². The lowest BCUT2D eigenvalue weighted by Crippen LogP contribution is -2.34. The van der Waals surface area contributed by atoms with E-state index >= 15 is 0 Å². The van der Waals surface area contributed by atoms with Crippen molar-refractivity contribution in [3.05, 3.63) is 89.1 Å². The summed E-state index contributed by atoms with van der Waals surface area (Å²) in [6.45, 7) is 6.51. The molecule has 1 heterocycles. The third-order valence-corrected chi connectivity index (χ3v) is 6.54. The first-order chi connectivity index (χ1) is 19.1. The summed E-state index contributed by atoms with van der Waals surface area (Å²) in [5, 5.41) is 9.02. The lowest BCUT2D eigenvalue weighted by Gasteiger charge is -2.25. The fraction of sp³-hybridized carbons (Fsp3) is 0.355. The molecule has 0 aliphatic heterocycles. The van der Waals surface area contributed by atoms with E-state index in [9.17, 15) is 14.4 Å². The van der Waals surface area contributed by atoms with Crippen LogP contribution >= 0.6 is 0 Å². The molecule has 1 atom stereocenters. The molecule has 9 nitrogen and oxygen atoms in total. The van der Waals surface area contributed by atoms with E-state index < -0.39 is 5.60 Å². The Kier molecular flexibility index (Phi) is 9.16. The highest BCUT2D eigenvalue weighted by Crippen LogP contribution is 2.30. The lowest BCUT2D eigenvalue weighted by molar-refractivity contribution is -0.119. The van der Waals surface area contributed by atoms with E-state index in [2.05, 4.69) is 20.9 Å². The lowest BCUT2D eigenvalue weighted by atomic mass is 10.1. The van der Waals surface area contributed by atoms with Gasteiger partial charge in [0.15, 0.2) is 0 Å². The van der Waals surface area contributed by atoms with Gasteiger partial charge >= 0.3 is 6.09 Å². The number of rotatable bonds is 9. The van der Waals surface area contributed by atoms with Crippen molar-refractivity contribution >= 4 is 29.4 Å². The van der Waals surface area contributed by atoms with Crippen LogP contribution in [0.2, 0.25) is 0 Å². The van der Waals surface area contributed by atoms with Crippen LogP contribution in [0.5, 0.6) is 0 Å². The fourth-order valence-electron chi connectivity index (χ4n) is 4.61. The predicted octanol–water partition coefficient (Wildman–Crippen LogP) is 4.53. The molecule has 9 heteroatoms. The van der Waals surface area contributed by atoms with Gasteiger partial charge < -0.3 is 25.6 Å². The topological polar surface area (TPSA) is 113 Å². The van der Waals surface area contributed by atoms with Crippen LogP contribution < -0.4 is 16.0 Å². The van der Waals surface area contributed by atoms with Crippen molar-refractivity contribution in [3.8, 4) is 0 Å². The van der Waals surface area contributed by atoms with Crippen molar-refractivity contribution in [2.75, 3.05) is 24.2 Å². The number of carbonyl (C=O) groups is 3. The summed E-state index contributed by atoms with van der Waals surface area (Å²) in [6.07, 6.45) is 2.54. The van der Waals surface area contributed by atoms with Gasteiger partial charge in [-0.25, -0.2) is 9.78 Å². The summed E-state index contributed by atoms with van der Waals surface area (Å²) >= 11 is 0. The molecular formula is C31H37N5O4. The zero-order chi connectivity index (χ0) is 28.7. The Balaban J connectivity index is 1.26. The molecule has 1 aromatic heterocycles. The van der Waals surface area contributed by atoms with Crippen LogP contribution in [0.15, 0.2) is 66.9 Å². The zero-order valence-corrected chi connectivity index (χ0v) is 23.5. The first kappa shape index (κ1) is 28.8. The number of hydrogen-bond donors (Lipinski definition) is 3. The highest BCUT2D eigenvalue weighted by molar-refractivity contribution is 5.94. The molecule has 210 valence electrons. The average molecular weight is 544 g/mol. The number of ether oxygens (including phenoxy) is 1. The molecule has 0 radical (unpaired) electrons. The Morgan fingerprint density at radius 3 is 2.40 bits per heavy atom. The van der Waals surface area contributed by atoms with Gasteiger partial charge in [-0.05, 0) is 80.1 Å². The minimum Gasteiger partial charge on any atom is -0.444 e. The second kappa shape index (κ2) is 12.7. The van der Waals surface area contributed by atoms with E-state index in [0.717, 1.165) is 22.3 Å². The van der Waals surface area contributed by atoms with Crippen molar-refractivity contribution in [3.63, 3.8) is 0 Å². The van der Waals surface area contributed by atoms with E-state index in [1.807, 2.05) is 69.3 Å². The highest BCUT2D eigenvalue weighted by atomic mass is 16.6. The van der Waals surface area contributed by atoms with Crippen LogP contribution in [-0.4, -0.2) is 47.0 Å². The maximum absolute atomic E-state index is 12.7. The smallest absolute Gasteiger partial charge is 0.410 e. The number of nitrogens with zero attached hydrogens (tertiary/aromatic N) is 2. The number of pyridine rings is 1. The van der Waals surface area contributed by atoms with E-state index in [-0.39, 0.29) is 30.4 Å². The van der Waals surface area contributed by atoms with Gasteiger partial charge in [0.1, 0.15) is 11.4 Å². The first-order valence-corrected chi connectivity index (χ1v) is 13.4. The number of benzene rings is 2. The number of anilines is 2. The SMILES string of the molecule is CN(Cc1ccccc1CNCC(=O)Nc1ccc2c(c1)CC(C(=O)Nc1ccccn1)C2)C(=O)OC(C)(C)C. The van der Waals surface area contributed by atoms with Crippen molar-refractivity contribution < 1.29 is 19.1 Å². The second-order valence-electron chi connectivity index (χ2n) is 11.0. The largest absolute Gasteiger partial charge is 0.444 e. The number of aromatic nitrogens is 1. The van der Waals surface area contributed by atoms with Crippen LogP contribution in [0.25, 0.3) is 0 Å². The average Bonchev–Trinajstić information content (AvgIpc) is 3.33. The summed E-state index contributed by atoms with van der Waals surface area (Å²) in [7, 11) is 1.71. The van der Waals surface area contributed by atoms with Gasteiger partial charge in [-0.15, -0.1) is 0 Å². The molecule has 0 saturated heterocycles. The molecule has 1 unspecified atom stereocenters. The fourth-order valence-corrected chi connectivity index (χ4v) is 4.61. The minimum atomic E-state index is -0.560. The van der Waals surface area contributed by atoms with E-state index in [1.54, 1.807) is 25.4 Å². The second-order valence-corrected chi connectivity index (χ2v) is 11.0. The van der Waals surface area contributed by atoms with Gasteiger partial charge in [-0.1, -0.05) is 36.4 Å². The van der Waals surface area contributed by atoms with Crippen molar-refractivity contribution in [2.24, 2.45) is 5.92 Å². The maximum Gasteiger partial charge on any atom is 0.410 e. The van der Waals surface area contributed by atoms with Gasteiger partial charge in [0.2, 0.25) is 11.8 Å². The Labute approximate surface area is 235 Å². The minimum absolute atomic E-state index is 0.0535. The zero-order valence-electron chi connectivity index (χ0n) is 23.5. The van der Waals surface area contributed by atoms with Crippen LogP contribution in [-0.2, 0) is 40.3 Å². The Bertz CT molecular complexity index is 1350. The molecule has 0 saturated carbocycles. The Morgan fingerprint density at radius 1 is 0.950 bits per heavy atom. The molecule has 4 rings (SSSR count). The summed E-state index contributed by atoms with van der Waals surface area (Å²) in [6, 6.07) is 19.0. The third-order valence-electron chi connectivity index (χ3n) is 6.54. The van der Waals surface area contributed by atoms with E-state index in [4.69, 9.17) is 4.74 Å². The first-order valence-electron chi connectivity index (χ1n) is 13.4. The summed E-state index contributed by atoms with van der Waals surface area (Å²) in [4.78, 5) is 43.4. The molecule has 3 N–H and O–H groups in total. The highest BCUT2D eigenvalue weighted by Gasteiger charge is 2.28. The number of nitrogens with one attached hydrogen (secondary N) is 3. The molecule has 2 aromatic carbocycles. The van der Waals surface area contributed by atoms with Gasteiger partial charge in [0, 0.05) is 37.9 Å². The van der Waals surface area contributed by atoms with Gasteiger partial charge in [-0.2, -0.15) is 0 Å². The van der Waals surface area contributed by atoms with Crippen molar-refractivity contribution in [1.82, 2.24) is 15.2 Å². The Morgan fingerprint density at radius 2 is 1.68 bits per heavy atom. The maximum atomic E-state index is 12.7. The molecule has 40 heavy (non-hydrogen) atoms. The van der Waals surface area contributed by atoms with Gasteiger partial charge in [0.05, 0.1) is 6.54 Å². The molecule has 3 aromatic rings. The summed E-state index contributed by atoms with van der Waals surface area (Å²) in [5.41, 5.74) is 4.30. The standard InChI is InChI=1S/C31H37N5O4/c1-31(2,3)40-30(39)36(4)20-23-10-6-5-9-22(23)18-32-19-28(37)34-26-13-12-21-15-25(16-24(21)17-26)29(38)35-27-11-7-8-14-33-27/h5-14,17,25,32H,15-16,18-20H2,1-4H3,(H,34,37)(H,33,35,38). The van der Waals surface area contributed by atoms with Crippen LogP contribution in [0.3, 0.4) is 0 Å². The molecule has 0 fully saturated rings. The quantitative estimate of drug-likeness (QED) is 0.366. The van der Waals surface area contributed by atoms with E-state index in [0.29, 0.717) is 37.4 Å². The monoisotopic (exact) mass is 543 g/mol. The molecule has 1 aliphatic rings. The predicted molar refractivity (Wildman–Crippen MR) is 155 cm³/mol. The van der Waals surface area contributed by atoms with Crippen LogP contribution in [0, 0.1) is 5.92 Å².